The summed E-state index contributed by atoms with van der Waals surface area (Å²) in [6.07, 6.45) is 0. The minimum Gasteiger partial charge on any atom is -0.504 e. The standard InChI is InChI=1S/C10H11ClO3/c1-3-14-10-8(11)4-7(6(2)12)5-9(10)13/h4-5,13H,3H2,1-2H3. The monoisotopic (exact) mass is 214 g/mol. The molecule has 4 heteroatoms. The van der Waals surface area contributed by atoms with Crippen LogP contribution in [0.3, 0.4) is 0 Å². The van der Waals surface area contributed by atoms with Crippen molar-refractivity contribution >= 4 is 17.4 Å². The van der Waals surface area contributed by atoms with Crippen LogP contribution < -0.4 is 4.74 Å². The van der Waals surface area contributed by atoms with Crippen LogP contribution in [0.4, 0.5) is 0 Å². The zero-order valence-electron chi connectivity index (χ0n) is 8.00. The van der Waals surface area contributed by atoms with E-state index in [1.165, 1.54) is 19.1 Å². The van der Waals surface area contributed by atoms with Gasteiger partial charge in [0.15, 0.2) is 17.3 Å². The molecule has 76 valence electrons. The van der Waals surface area contributed by atoms with E-state index in [1.807, 2.05) is 0 Å². The molecule has 0 aliphatic heterocycles. The van der Waals surface area contributed by atoms with E-state index in [2.05, 4.69) is 0 Å². The number of ketones is 1. The fourth-order valence-electron chi connectivity index (χ4n) is 1.07. The number of benzene rings is 1. The van der Waals surface area contributed by atoms with Crippen LogP contribution in [-0.4, -0.2) is 17.5 Å². The Labute approximate surface area is 87.3 Å². The number of carbonyl (C=O) groups is 1. The van der Waals surface area contributed by atoms with E-state index in [4.69, 9.17) is 16.3 Å². The van der Waals surface area contributed by atoms with Gasteiger partial charge in [0.2, 0.25) is 0 Å². The van der Waals surface area contributed by atoms with Crippen LogP contribution in [0, 0.1) is 0 Å². The first kappa shape index (κ1) is 10.9. The minimum atomic E-state index is -0.148. The van der Waals surface area contributed by atoms with E-state index < -0.39 is 0 Å². The second kappa shape index (κ2) is 4.33. The first-order valence-electron chi connectivity index (χ1n) is 4.22. The number of halogens is 1. The van der Waals surface area contributed by atoms with Gasteiger partial charge in [0.05, 0.1) is 11.6 Å². The molecule has 0 spiro atoms. The number of hydrogen-bond acceptors (Lipinski definition) is 3. The van der Waals surface area contributed by atoms with Gasteiger partial charge in [0.25, 0.3) is 0 Å². The Morgan fingerprint density at radius 1 is 1.57 bits per heavy atom. The van der Waals surface area contributed by atoms with Crippen molar-refractivity contribution in [2.24, 2.45) is 0 Å². The molecule has 0 unspecified atom stereocenters. The first-order valence-corrected chi connectivity index (χ1v) is 4.60. The summed E-state index contributed by atoms with van der Waals surface area (Å²) in [4.78, 5) is 11.0. The SMILES string of the molecule is CCOc1c(O)cc(C(C)=O)cc1Cl. The Kier molecular flexibility index (Phi) is 3.36. The highest BCUT2D eigenvalue weighted by atomic mass is 35.5. The number of Topliss-reactive ketones (excluding diaryl/α,β-unsaturated/α-hetero) is 1. The largest absolute Gasteiger partial charge is 0.504 e. The molecule has 0 radical (unpaired) electrons. The highest BCUT2D eigenvalue weighted by Crippen LogP contribution is 2.35. The lowest BCUT2D eigenvalue weighted by atomic mass is 10.1. The summed E-state index contributed by atoms with van der Waals surface area (Å²) in [5.41, 5.74) is 0.371. The average Bonchev–Trinajstić information content (AvgIpc) is 2.10. The highest BCUT2D eigenvalue weighted by Gasteiger charge is 2.11. The van der Waals surface area contributed by atoms with Crippen LogP contribution in [0.2, 0.25) is 5.02 Å². The second-order valence-electron chi connectivity index (χ2n) is 2.80. The Bertz CT molecular complexity index is 337. The van der Waals surface area contributed by atoms with Gasteiger partial charge in [-0.05, 0) is 26.0 Å². The maximum atomic E-state index is 11.0. The predicted octanol–water partition coefficient (Wildman–Crippen LogP) is 2.65. The summed E-state index contributed by atoms with van der Waals surface area (Å²) in [6.45, 7) is 3.60. The molecule has 0 aromatic heterocycles. The predicted molar refractivity (Wildman–Crippen MR) is 54.3 cm³/mol. The molecule has 0 fully saturated rings. The Balaban J connectivity index is 3.18. The molecule has 0 saturated carbocycles. The fraction of sp³-hybridized carbons (Fsp3) is 0.300. The lowest BCUT2D eigenvalue weighted by molar-refractivity contribution is 0.101. The molecule has 0 atom stereocenters. The normalized spacial score (nSPS) is 9.93. The Morgan fingerprint density at radius 2 is 2.21 bits per heavy atom. The second-order valence-corrected chi connectivity index (χ2v) is 3.20. The van der Waals surface area contributed by atoms with E-state index in [-0.39, 0.29) is 22.3 Å². The number of ether oxygens (including phenoxy) is 1. The summed E-state index contributed by atoms with van der Waals surface area (Å²) in [5, 5.41) is 9.74. The van der Waals surface area contributed by atoms with Crippen LogP contribution >= 0.6 is 11.6 Å². The molecular weight excluding hydrogens is 204 g/mol. The zero-order valence-corrected chi connectivity index (χ0v) is 8.76. The number of carbonyl (C=O) groups excluding carboxylic acids is 1. The van der Waals surface area contributed by atoms with Crippen LogP contribution in [0.25, 0.3) is 0 Å². The van der Waals surface area contributed by atoms with Crippen LogP contribution in [-0.2, 0) is 0 Å². The number of aromatic hydroxyl groups is 1. The number of hydrogen-bond donors (Lipinski definition) is 1. The van der Waals surface area contributed by atoms with Crippen molar-refractivity contribution in [3.63, 3.8) is 0 Å². The van der Waals surface area contributed by atoms with E-state index in [0.717, 1.165) is 0 Å². The third kappa shape index (κ3) is 2.17. The maximum absolute atomic E-state index is 11.0. The average molecular weight is 215 g/mol. The van der Waals surface area contributed by atoms with Gasteiger partial charge in [-0.25, -0.2) is 0 Å². The lowest BCUT2D eigenvalue weighted by Gasteiger charge is -2.08. The molecular formula is C10H11ClO3. The van der Waals surface area contributed by atoms with E-state index in [0.29, 0.717) is 12.2 Å². The van der Waals surface area contributed by atoms with Gasteiger partial charge in [-0.1, -0.05) is 11.6 Å². The molecule has 0 bridgehead atoms. The van der Waals surface area contributed by atoms with E-state index in [1.54, 1.807) is 6.92 Å². The van der Waals surface area contributed by atoms with Crippen molar-refractivity contribution in [3.05, 3.63) is 22.7 Å². The number of phenols is 1. The van der Waals surface area contributed by atoms with Crippen molar-refractivity contribution in [2.45, 2.75) is 13.8 Å². The quantitative estimate of drug-likeness (QED) is 0.787. The van der Waals surface area contributed by atoms with Crippen molar-refractivity contribution in [1.82, 2.24) is 0 Å². The summed E-state index contributed by atoms with van der Waals surface area (Å²) in [5.74, 6) is -0.0334. The van der Waals surface area contributed by atoms with Gasteiger partial charge in [0, 0.05) is 5.56 Å². The third-order valence-electron chi connectivity index (χ3n) is 1.72. The van der Waals surface area contributed by atoms with Gasteiger partial charge in [-0.15, -0.1) is 0 Å². The van der Waals surface area contributed by atoms with Crippen molar-refractivity contribution in [1.29, 1.82) is 0 Å². The van der Waals surface area contributed by atoms with E-state index >= 15 is 0 Å². The highest BCUT2D eigenvalue weighted by molar-refractivity contribution is 6.32. The van der Waals surface area contributed by atoms with Crippen molar-refractivity contribution in [3.8, 4) is 11.5 Å². The molecule has 1 rings (SSSR count). The maximum Gasteiger partial charge on any atom is 0.179 e. The third-order valence-corrected chi connectivity index (χ3v) is 2.00. The topological polar surface area (TPSA) is 46.5 Å². The van der Waals surface area contributed by atoms with Gasteiger partial charge in [-0.3, -0.25) is 4.79 Å². The van der Waals surface area contributed by atoms with Crippen LogP contribution in [0.1, 0.15) is 24.2 Å². The zero-order chi connectivity index (χ0) is 10.7. The summed E-state index contributed by atoms with van der Waals surface area (Å²) in [6, 6.07) is 2.83. The molecule has 1 N–H and O–H groups in total. The first-order chi connectivity index (χ1) is 6.56. The molecule has 14 heavy (non-hydrogen) atoms. The summed E-state index contributed by atoms with van der Waals surface area (Å²) >= 11 is 5.82. The van der Waals surface area contributed by atoms with Crippen molar-refractivity contribution < 1.29 is 14.6 Å². The minimum absolute atomic E-state index is 0.107. The lowest BCUT2D eigenvalue weighted by Crippen LogP contribution is -1.96. The van der Waals surface area contributed by atoms with Gasteiger partial charge < -0.3 is 9.84 Å². The van der Waals surface area contributed by atoms with Crippen molar-refractivity contribution in [2.75, 3.05) is 6.61 Å². The fourth-order valence-corrected chi connectivity index (χ4v) is 1.34. The van der Waals surface area contributed by atoms with E-state index in [9.17, 15) is 9.90 Å². The molecule has 1 aromatic carbocycles. The van der Waals surface area contributed by atoms with Crippen LogP contribution in [0.15, 0.2) is 12.1 Å². The summed E-state index contributed by atoms with van der Waals surface area (Å²) in [7, 11) is 0. The van der Waals surface area contributed by atoms with Crippen LogP contribution in [0.5, 0.6) is 11.5 Å². The molecule has 0 saturated heterocycles. The molecule has 1 aromatic rings. The van der Waals surface area contributed by atoms with Gasteiger partial charge in [-0.2, -0.15) is 0 Å². The molecule has 0 heterocycles. The molecule has 3 nitrogen and oxygen atoms in total. The number of phenolic OH excluding ortho intramolecular Hbond substituents is 1. The molecule has 0 aliphatic carbocycles. The number of rotatable bonds is 3. The van der Waals surface area contributed by atoms with Gasteiger partial charge in [0.1, 0.15) is 0 Å². The molecule has 0 amide bonds. The molecule has 0 aliphatic rings. The Morgan fingerprint density at radius 3 is 2.64 bits per heavy atom. The smallest absolute Gasteiger partial charge is 0.179 e. The van der Waals surface area contributed by atoms with Gasteiger partial charge >= 0.3 is 0 Å². The summed E-state index contributed by atoms with van der Waals surface area (Å²) < 4.78 is 5.11. The Hall–Kier alpha value is -1.22.